The molecule has 0 aliphatic heterocycles. The summed E-state index contributed by atoms with van der Waals surface area (Å²) in [7, 11) is 0. The first-order chi connectivity index (χ1) is 10.2. The number of rotatable bonds is 3. The molecular formula is C16H16N4O. The van der Waals surface area contributed by atoms with Crippen LogP contribution in [0, 0.1) is 0 Å². The fourth-order valence-electron chi connectivity index (χ4n) is 2.40. The van der Waals surface area contributed by atoms with E-state index in [2.05, 4.69) is 15.0 Å². The summed E-state index contributed by atoms with van der Waals surface area (Å²) in [6.07, 6.45) is 5.41. The zero-order chi connectivity index (χ0) is 14.8. The number of H-pyrrole nitrogens is 1. The minimum atomic E-state index is -0.195. The molecule has 0 aliphatic carbocycles. The molecule has 3 aromatic rings. The van der Waals surface area contributed by atoms with E-state index in [9.17, 15) is 4.79 Å². The van der Waals surface area contributed by atoms with E-state index in [1.165, 1.54) is 0 Å². The molecular weight excluding hydrogens is 264 g/mol. The Balaban J connectivity index is 2.19. The number of benzene rings is 1. The summed E-state index contributed by atoms with van der Waals surface area (Å²) in [6, 6.07) is 9.77. The van der Waals surface area contributed by atoms with E-state index < -0.39 is 0 Å². The fourth-order valence-corrected chi connectivity index (χ4v) is 2.40. The van der Waals surface area contributed by atoms with Gasteiger partial charge in [-0.15, -0.1) is 0 Å². The smallest absolute Gasteiger partial charge is 0.289 e. The van der Waals surface area contributed by atoms with E-state index in [1.807, 2.05) is 56.3 Å². The van der Waals surface area contributed by atoms with Gasteiger partial charge in [-0.25, -0.2) is 14.8 Å². The van der Waals surface area contributed by atoms with E-state index in [0.29, 0.717) is 11.3 Å². The zero-order valence-electron chi connectivity index (χ0n) is 11.9. The molecule has 1 atom stereocenters. The Morgan fingerprint density at radius 2 is 2.05 bits per heavy atom. The summed E-state index contributed by atoms with van der Waals surface area (Å²) in [5.41, 5.74) is 2.68. The van der Waals surface area contributed by atoms with Crippen molar-refractivity contribution < 1.29 is 0 Å². The van der Waals surface area contributed by atoms with Crippen molar-refractivity contribution in [2.24, 2.45) is 0 Å². The molecule has 1 N–H and O–H groups in total. The Kier molecular flexibility index (Phi) is 3.39. The third kappa shape index (κ3) is 2.38. The van der Waals surface area contributed by atoms with Crippen LogP contribution in [0.25, 0.3) is 17.4 Å². The molecule has 3 rings (SSSR count). The lowest BCUT2D eigenvalue weighted by Crippen LogP contribution is -2.21. The second-order valence-corrected chi connectivity index (χ2v) is 4.85. The lowest BCUT2D eigenvalue weighted by molar-refractivity contribution is 0.630. The van der Waals surface area contributed by atoms with E-state index in [-0.39, 0.29) is 11.7 Å². The van der Waals surface area contributed by atoms with Crippen LogP contribution in [0.3, 0.4) is 0 Å². The molecule has 0 saturated carbocycles. The van der Waals surface area contributed by atoms with Gasteiger partial charge in [-0.05, 0) is 25.5 Å². The highest BCUT2D eigenvalue weighted by atomic mass is 16.1. The van der Waals surface area contributed by atoms with Gasteiger partial charge in [0.15, 0.2) is 11.3 Å². The van der Waals surface area contributed by atoms with Crippen molar-refractivity contribution in [2.75, 3.05) is 0 Å². The number of fused-ring (bicyclic) bond motifs is 1. The highest BCUT2D eigenvalue weighted by Gasteiger charge is 2.16. The summed E-state index contributed by atoms with van der Waals surface area (Å²) in [6.45, 7) is 3.90. The van der Waals surface area contributed by atoms with Crippen LogP contribution in [0.2, 0.25) is 0 Å². The van der Waals surface area contributed by atoms with E-state index in [1.54, 1.807) is 10.8 Å². The molecule has 0 unspecified atom stereocenters. The zero-order valence-corrected chi connectivity index (χ0v) is 11.9. The van der Waals surface area contributed by atoms with Crippen LogP contribution in [-0.2, 0) is 0 Å². The van der Waals surface area contributed by atoms with Crippen LogP contribution in [0.5, 0.6) is 0 Å². The van der Waals surface area contributed by atoms with Crippen molar-refractivity contribution >= 4 is 17.4 Å². The van der Waals surface area contributed by atoms with Gasteiger partial charge in [0.1, 0.15) is 0 Å². The maximum Gasteiger partial charge on any atom is 0.329 e. The largest absolute Gasteiger partial charge is 0.329 e. The van der Waals surface area contributed by atoms with Crippen LogP contribution in [-0.4, -0.2) is 19.5 Å². The highest BCUT2D eigenvalue weighted by Crippen LogP contribution is 2.19. The van der Waals surface area contributed by atoms with Crippen molar-refractivity contribution in [1.82, 2.24) is 19.5 Å². The van der Waals surface area contributed by atoms with Crippen molar-refractivity contribution in [3.63, 3.8) is 0 Å². The maximum atomic E-state index is 12.2. The van der Waals surface area contributed by atoms with Gasteiger partial charge in [-0.2, -0.15) is 0 Å². The van der Waals surface area contributed by atoms with Crippen molar-refractivity contribution in [3.05, 3.63) is 64.3 Å². The first-order valence-electron chi connectivity index (χ1n) is 6.85. The number of imidazole rings is 1. The van der Waals surface area contributed by atoms with Crippen LogP contribution < -0.4 is 5.69 Å². The van der Waals surface area contributed by atoms with Crippen molar-refractivity contribution in [2.45, 2.75) is 19.9 Å². The lowest BCUT2D eigenvalue weighted by atomic mass is 10.1. The molecule has 5 heteroatoms. The van der Waals surface area contributed by atoms with E-state index in [0.717, 1.165) is 11.3 Å². The number of allylic oxidation sites excluding steroid dienone is 1. The van der Waals surface area contributed by atoms with Crippen molar-refractivity contribution in [1.29, 1.82) is 0 Å². The Labute approximate surface area is 122 Å². The van der Waals surface area contributed by atoms with E-state index >= 15 is 0 Å². The van der Waals surface area contributed by atoms with Gasteiger partial charge in [0.2, 0.25) is 0 Å². The topological polar surface area (TPSA) is 63.6 Å². The molecule has 0 fully saturated rings. The second kappa shape index (κ2) is 5.36. The highest BCUT2D eigenvalue weighted by molar-refractivity contribution is 5.67. The van der Waals surface area contributed by atoms with Crippen molar-refractivity contribution in [3.8, 4) is 0 Å². The summed E-state index contributed by atoms with van der Waals surface area (Å²) in [5.74, 6) is 0. The first-order valence-corrected chi connectivity index (χ1v) is 6.85. The summed E-state index contributed by atoms with van der Waals surface area (Å²) in [4.78, 5) is 23.8. The lowest BCUT2D eigenvalue weighted by Gasteiger charge is -2.13. The molecule has 0 aliphatic rings. The number of nitrogens with one attached hydrogen (secondary N) is 1. The number of aromatic amines is 1. The van der Waals surface area contributed by atoms with Gasteiger partial charge >= 0.3 is 5.69 Å². The van der Waals surface area contributed by atoms with Crippen LogP contribution in [0.1, 0.15) is 31.1 Å². The molecule has 0 amide bonds. The first kappa shape index (κ1) is 13.3. The molecule has 2 heterocycles. The summed E-state index contributed by atoms with van der Waals surface area (Å²) < 4.78 is 1.64. The average Bonchev–Trinajstić information content (AvgIpc) is 2.83. The predicted octanol–water partition coefficient (Wildman–Crippen LogP) is 2.76. The van der Waals surface area contributed by atoms with Gasteiger partial charge < -0.3 is 0 Å². The Bertz CT molecular complexity index is 846. The monoisotopic (exact) mass is 280 g/mol. The molecule has 106 valence electrons. The number of hydrogen-bond donors (Lipinski definition) is 1. The second-order valence-electron chi connectivity index (χ2n) is 4.85. The minimum absolute atomic E-state index is 0.109. The number of nitrogens with zero attached hydrogens (tertiary/aromatic N) is 3. The molecule has 0 radical (unpaired) electrons. The number of hydrogen-bond acceptors (Lipinski definition) is 3. The normalized spacial score (nSPS) is 13.0. The standard InChI is InChI=1S/C16H16N4O/c1-3-7-13-10-17-14-15(18-13)20(16(21)19-14)11(2)12-8-5-4-6-9-12/h3-11H,1-2H3,(H,17,19,21)/b7-3+/t11-/m1/s1. The van der Waals surface area contributed by atoms with E-state index in [4.69, 9.17) is 0 Å². The fraction of sp³-hybridized carbons (Fsp3) is 0.188. The molecule has 5 nitrogen and oxygen atoms in total. The minimum Gasteiger partial charge on any atom is -0.289 e. The molecule has 0 saturated heterocycles. The molecule has 0 bridgehead atoms. The third-order valence-electron chi connectivity index (χ3n) is 3.45. The maximum absolute atomic E-state index is 12.2. The Morgan fingerprint density at radius 3 is 2.76 bits per heavy atom. The van der Waals surface area contributed by atoms with Crippen LogP contribution in [0.4, 0.5) is 0 Å². The number of aromatic nitrogens is 4. The van der Waals surface area contributed by atoms with Gasteiger partial charge in [0.05, 0.1) is 17.9 Å². The molecule has 2 aromatic heterocycles. The summed E-state index contributed by atoms with van der Waals surface area (Å²) >= 11 is 0. The quantitative estimate of drug-likeness (QED) is 0.802. The Morgan fingerprint density at radius 1 is 1.29 bits per heavy atom. The van der Waals surface area contributed by atoms with Gasteiger partial charge in [-0.1, -0.05) is 36.4 Å². The predicted molar refractivity (Wildman–Crippen MR) is 83.1 cm³/mol. The SMILES string of the molecule is C/C=C/c1cnc2[nH]c(=O)n([C@H](C)c3ccccc3)c2n1. The van der Waals surface area contributed by atoms with Gasteiger partial charge in [0.25, 0.3) is 0 Å². The third-order valence-corrected chi connectivity index (χ3v) is 3.45. The molecule has 1 aromatic carbocycles. The van der Waals surface area contributed by atoms with Gasteiger partial charge in [-0.3, -0.25) is 9.55 Å². The van der Waals surface area contributed by atoms with Gasteiger partial charge in [0, 0.05) is 0 Å². The van der Waals surface area contributed by atoms with Crippen LogP contribution in [0.15, 0.2) is 47.4 Å². The summed E-state index contributed by atoms with van der Waals surface area (Å²) in [5, 5.41) is 0. The molecule has 0 spiro atoms. The van der Waals surface area contributed by atoms with Crippen LogP contribution >= 0.6 is 0 Å². The Hall–Kier alpha value is -2.69. The average molecular weight is 280 g/mol. The molecule has 21 heavy (non-hydrogen) atoms.